The Morgan fingerprint density at radius 3 is 2.94 bits per heavy atom. The van der Waals surface area contributed by atoms with Crippen LogP contribution in [0.1, 0.15) is 11.5 Å². The highest BCUT2D eigenvalue weighted by Crippen LogP contribution is 2.05. The standard InChI is InChI=1S/C12H13N3O2/c1-9-7-12(16)15(2)10(14-9)8-17-11-5-3-4-6-13-11/h3-7H,8H2,1-2H3. The van der Waals surface area contributed by atoms with E-state index < -0.39 is 0 Å². The Morgan fingerprint density at radius 2 is 2.24 bits per heavy atom. The molecule has 0 aromatic carbocycles. The fourth-order valence-electron chi connectivity index (χ4n) is 1.41. The van der Waals surface area contributed by atoms with E-state index in [1.165, 1.54) is 10.6 Å². The van der Waals surface area contributed by atoms with E-state index in [0.717, 1.165) is 0 Å². The third-order valence-corrected chi connectivity index (χ3v) is 2.34. The lowest BCUT2D eigenvalue weighted by molar-refractivity contribution is 0.277. The zero-order valence-electron chi connectivity index (χ0n) is 9.75. The van der Waals surface area contributed by atoms with Crippen LogP contribution in [-0.2, 0) is 13.7 Å². The minimum atomic E-state index is -0.0860. The summed E-state index contributed by atoms with van der Waals surface area (Å²) >= 11 is 0. The lowest BCUT2D eigenvalue weighted by Gasteiger charge is -2.08. The number of nitrogens with zero attached hydrogens (tertiary/aromatic N) is 3. The highest BCUT2D eigenvalue weighted by Gasteiger charge is 2.04. The van der Waals surface area contributed by atoms with E-state index in [2.05, 4.69) is 9.97 Å². The highest BCUT2D eigenvalue weighted by atomic mass is 16.5. The van der Waals surface area contributed by atoms with E-state index in [1.54, 1.807) is 26.2 Å². The maximum atomic E-state index is 11.5. The van der Waals surface area contributed by atoms with E-state index in [1.807, 2.05) is 12.1 Å². The minimum absolute atomic E-state index is 0.0860. The molecule has 2 heterocycles. The summed E-state index contributed by atoms with van der Waals surface area (Å²) in [5.41, 5.74) is 0.602. The van der Waals surface area contributed by atoms with Gasteiger partial charge < -0.3 is 4.74 Å². The molecular weight excluding hydrogens is 218 g/mol. The Morgan fingerprint density at radius 1 is 1.41 bits per heavy atom. The van der Waals surface area contributed by atoms with Crippen LogP contribution in [0.3, 0.4) is 0 Å². The summed E-state index contributed by atoms with van der Waals surface area (Å²) < 4.78 is 6.92. The molecular formula is C12H13N3O2. The second kappa shape index (κ2) is 4.78. The third-order valence-electron chi connectivity index (χ3n) is 2.34. The zero-order valence-corrected chi connectivity index (χ0v) is 9.75. The van der Waals surface area contributed by atoms with Gasteiger partial charge in [-0.15, -0.1) is 0 Å². The molecule has 5 nitrogen and oxygen atoms in total. The van der Waals surface area contributed by atoms with E-state index in [-0.39, 0.29) is 12.2 Å². The molecule has 0 amide bonds. The summed E-state index contributed by atoms with van der Waals surface area (Å²) in [5.74, 6) is 1.10. The summed E-state index contributed by atoms with van der Waals surface area (Å²) in [6.07, 6.45) is 1.65. The van der Waals surface area contributed by atoms with Gasteiger partial charge >= 0.3 is 0 Å². The van der Waals surface area contributed by atoms with E-state index in [9.17, 15) is 4.79 Å². The van der Waals surface area contributed by atoms with Gasteiger partial charge in [0.25, 0.3) is 5.56 Å². The van der Waals surface area contributed by atoms with Gasteiger partial charge in [0.2, 0.25) is 5.88 Å². The van der Waals surface area contributed by atoms with Crippen LogP contribution in [0.2, 0.25) is 0 Å². The average Bonchev–Trinajstić information content (AvgIpc) is 2.33. The van der Waals surface area contributed by atoms with Crippen LogP contribution in [-0.4, -0.2) is 14.5 Å². The lowest BCUT2D eigenvalue weighted by Crippen LogP contribution is -2.23. The topological polar surface area (TPSA) is 57.0 Å². The first-order valence-corrected chi connectivity index (χ1v) is 5.24. The van der Waals surface area contributed by atoms with Crippen molar-refractivity contribution >= 4 is 0 Å². The fourth-order valence-corrected chi connectivity index (χ4v) is 1.41. The molecule has 0 spiro atoms. The SMILES string of the molecule is Cc1cc(=O)n(C)c(COc2ccccn2)n1. The Hall–Kier alpha value is -2.17. The highest BCUT2D eigenvalue weighted by molar-refractivity contribution is 5.10. The van der Waals surface area contributed by atoms with Gasteiger partial charge in [-0.05, 0) is 13.0 Å². The molecule has 0 unspecified atom stereocenters. The largest absolute Gasteiger partial charge is 0.469 e. The summed E-state index contributed by atoms with van der Waals surface area (Å²) in [4.78, 5) is 19.8. The number of aryl methyl sites for hydroxylation is 1. The smallest absolute Gasteiger partial charge is 0.253 e. The van der Waals surface area contributed by atoms with E-state index in [0.29, 0.717) is 17.4 Å². The second-order valence-electron chi connectivity index (χ2n) is 3.67. The van der Waals surface area contributed by atoms with E-state index >= 15 is 0 Å². The fraction of sp³-hybridized carbons (Fsp3) is 0.250. The molecule has 2 aromatic rings. The predicted molar refractivity (Wildman–Crippen MR) is 62.8 cm³/mol. The summed E-state index contributed by atoms with van der Waals surface area (Å²) in [6, 6.07) is 6.90. The summed E-state index contributed by atoms with van der Waals surface area (Å²) in [5, 5.41) is 0. The van der Waals surface area contributed by atoms with Crippen molar-refractivity contribution in [2.45, 2.75) is 13.5 Å². The van der Waals surface area contributed by atoms with Crippen molar-refractivity contribution in [1.29, 1.82) is 0 Å². The van der Waals surface area contributed by atoms with Crippen LogP contribution in [0.15, 0.2) is 35.3 Å². The van der Waals surface area contributed by atoms with Crippen molar-refractivity contribution in [3.8, 4) is 5.88 Å². The first kappa shape index (κ1) is 11.3. The van der Waals surface area contributed by atoms with Crippen molar-refractivity contribution in [2.75, 3.05) is 0 Å². The molecule has 0 atom stereocenters. The second-order valence-corrected chi connectivity index (χ2v) is 3.67. The molecule has 2 aromatic heterocycles. The van der Waals surface area contributed by atoms with Gasteiger partial charge in [-0.25, -0.2) is 9.97 Å². The zero-order chi connectivity index (χ0) is 12.3. The predicted octanol–water partition coefficient (Wildman–Crippen LogP) is 1.06. The Labute approximate surface area is 98.7 Å². The van der Waals surface area contributed by atoms with Crippen molar-refractivity contribution in [3.05, 3.63) is 52.3 Å². The molecule has 0 aliphatic rings. The number of pyridine rings is 1. The monoisotopic (exact) mass is 231 g/mol. The van der Waals surface area contributed by atoms with Crippen molar-refractivity contribution < 1.29 is 4.74 Å². The normalized spacial score (nSPS) is 10.2. The van der Waals surface area contributed by atoms with Gasteiger partial charge in [0.15, 0.2) is 0 Å². The van der Waals surface area contributed by atoms with Crippen LogP contribution >= 0.6 is 0 Å². The molecule has 0 aliphatic heterocycles. The summed E-state index contributed by atoms with van der Waals surface area (Å²) in [6.45, 7) is 2.01. The molecule has 0 radical (unpaired) electrons. The first-order valence-electron chi connectivity index (χ1n) is 5.24. The van der Waals surface area contributed by atoms with Crippen LogP contribution in [0.5, 0.6) is 5.88 Å². The molecule has 0 saturated carbocycles. The van der Waals surface area contributed by atoms with Crippen molar-refractivity contribution in [1.82, 2.24) is 14.5 Å². The van der Waals surface area contributed by atoms with Gasteiger partial charge in [0.1, 0.15) is 12.4 Å². The van der Waals surface area contributed by atoms with Crippen LogP contribution in [0.25, 0.3) is 0 Å². The van der Waals surface area contributed by atoms with Crippen LogP contribution in [0.4, 0.5) is 0 Å². The van der Waals surface area contributed by atoms with Gasteiger partial charge in [0, 0.05) is 31.1 Å². The molecule has 2 rings (SSSR count). The number of hydrogen-bond acceptors (Lipinski definition) is 4. The minimum Gasteiger partial charge on any atom is -0.469 e. The Balaban J connectivity index is 2.17. The lowest BCUT2D eigenvalue weighted by atomic mass is 10.4. The maximum Gasteiger partial charge on any atom is 0.253 e. The van der Waals surface area contributed by atoms with Crippen molar-refractivity contribution in [3.63, 3.8) is 0 Å². The van der Waals surface area contributed by atoms with Crippen LogP contribution in [0, 0.1) is 6.92 Å². The number of ether oxygens (including phenoxy) is 1. The Kier molecular flexibility index (Phi) is 3.18. The quantitative estimate of drug-likeness (QED) is 0.792. The van der Waals surface area contributed by atoms with Gasteiger partial charge in [-0.3, -0.25) is 9.36 Å². The molecule has 0 fully saturated rings. The maximum absolute atomic E-state index is 11.5. The number of rotatable bonds is 3. The first-order chi connectivity index (χ1) is 8.16. The molecule has 5 heteroatoms. The molecule has 0 N–H and O–H groups in total. The third kappa shape index (κ3) is 2.69. The molecule has 0 aliphatic carbocycles. The molecule has 0 bridgehead atoms. The molecule has 88 valence electrons. The Bertz CT molecular complexity index is 564. The summed E-state index contributed by atoms with van der Waals surface area (Å²) in [7, 11) is 1.67. The van der Waals surface area contributed by atoms with Gasteiger partial charge in [-0.2, -0.15) is 0 Å². The molecule has 17 heavy (non-hydrogen) atoms. The number of hydrogen-bond donors (Lipinski definition) is 0. The van der Waals surface area contributed by atoms with Gasteiger partial charge in [0.05, 0.1) is 0 Å². The number of aromatic nitrogens is 3. The van der Waals surface area contributed by atoms with Gasteiger partial charge in [-0.1, -0.05) is 6.07 Å². The van der Waals surface area contributed by atoms with Crippen LogP contribution < -0.4 is 10.3 Å². The van der Waals surface area contributed by atoms with E-state index in [4.69, 9.17) is 4.74 Å². The molecule has 0 saturated heterocycles. The van der Waals surface area contributed by atoms with Crippen molar-refractivity contribution in [2.24, 2.45) is 7.05 Å². The average molecular weight is 231 g/mol.